The molecule has 0 spiro atoms. The van der Waals surface area contributed by atoms with E-state index in [1.54, 1.807) is 7.11 Å². The SMILES string of the molecule is COc1ccc(NC(C)CC2CC2)cc1Br. The van der Waals surface area contributed by atoms with E-state index in [0.29, 0.717) is 6.04 Å². The molecule has 0 amide bonds. The normalized spacial score (nSPS) is 16.9. The fraction of sp³-hybridized carbons (Fsp3) is 0.538. The third kappa shape index (κ3) is 3.14. The van der Waals surface area contributed by atoms with Gasteiger partial charge in [0.05, 0.1) is 11.6 Å². The van der Waals surface area contributed by atoms with E-state index in [0.717, 1.165) is 21.8 Å². The molecule has 2 nitrogen and oxygen atoms in total. The number of methoxy groups -OCH3 is 1. The largest absolute Gasteiger partial charge is 0.496 e. The predicted octanol–water partition coefficient (Wildman–Crippen LogP) is 4.06. The molecule has 1 atom stereocenters. The highest BCUT2D eigenvalue weighted by molar-refractivity contribution is 9.10. The molecule has 0 heterocycles. The summed E-state index contributed by atoms with van der Waals surface area (Å²) in [5.41, 5.74) is 1.15. The average molecular weight is 284 g/mol. The minimum absolute atomic E-state index is 0.549. The first kappa shape index (κ1) is 11.8. The van der Waals surface area contributed by atoms with E-state index < -0.39 is 0 Å². The lowest BCUT2D eigenvalue weighted by atomic mass is 10.1. The average Bonchev–Trinajstić information content (AvgIpc) is 3.01. The Morgan fingerprint density at radius 2 is 2.25 bits per heavy atom. The van der Waals surface area contributed by atoms with Gasteiger partial charge in [-0.1, -0.05) is 12.8 Å². The maximum atomic E-state index is 5.20. The van der Waals surface area contributed by atoms with Gasteiger partial charge in [0.1, 0.15) is 5.75 Å². The van der Waals surface area contributed by atoms with Crippen LogP contribution in [0, 0.1) is 5.92 Å². The Labute approximate surface area is 106 Å². The van der Waals surface area contributed by atoms with Crippen molar-refractivity contribution in [1.29, 1.82) is 0 Å². The van der Waals surface area contributed by atoms with Crippen LogP contribution in [0.1, 0.15) is 26.2 Å². The Morgan fingerprint density at radius 1 is 1.50 bits per heavy atom. The summed E-state index contributed by atoms with van der Waals surface area (Å²) in [5, 5.41) is 3.52. The number of ether oxygens (including phenoxy) is 1. The van der Waals surface area contributed by atoms with Crippen LogP contribution in [0.4, 0.5) is 5.69 Å². The van der Waals surface area contributed by atoms with Crippen LogP contribution in [0.5, 0.6) is 5.75 Å². The molecule has 1 saturated carbocycles. The number of hydrogen-bond acceptors (Lipinski definition) is 2. The standard InChI is InChI=1S/C13H18BrNO/c1-9(7-10-3-4-10)15-11-5-6-13(16-2)12(14)8-11/h5-6,8-10,15H,3-4,7H2,1-2H3. The fourth-order valence-electron chi connectivity index (χ4n) is 1.95. The summed E-state index contributed by atoms with van der Waals surface area (Å²) < 4.78 is 6.20. The second-order valence-electron chi connectivity index (χ2n) is 4.57. The van der Waals surface area contributed by atoms with Crippen molar-refractivity contribution in [2.75, 3.05) is 12.4 Å². The molecule has 0 aromatic heterocycles. The number of benzene rings is 1. The van der Waals surface area contributed by atoms with Crippen LogP contribution >= 0.6 is 15.9 Å². The summed E-state index contributed by atoms with van der Waals surface area (Å²) in [5.74, 6) is 1.84. The molecule has 1 N–H and O–H groups in total. The van der Waals surface area contributed by atoms with Crippen molar-refractivity contribution in [3.05, 3.63) is 22.7 Å². The highest BCUT2D eigenvalue weighted by Crippen LogP contribution is 2.34. The molecule has 2 rings (SSSR count). The van der Waals surface area contributed by atoms with Gasteiger partial charge in [-0.25, -0.2) is 0 Å². The number of hydrogen-bond donors (Lipinski definition) is 1. The zero-order valence-electron chi connectivity index (χ0n) is 9.79. The van der Waals surface area contributed by atoms with Crippen LogP contribution in [0.25, 0.3) is 0 Å². The number of halogens is 1. The summed E-state index contributed by atoms with van der Waals surface area (Å²) >= 11 is 3.50. The second kappa shape index (κ2) is 5.09. The lowest BCUT2D eigenvalue weighted by molar-refractivity contribution is 0.412. The van der Waals surface area contributed by atoms with Crippen molar-refractivity contribution < 1.29 is 4.74 Å². The van der Waals surface area contributed by atoms with E-state index >= 15 is 0 Å². The minimum Gasteiger partial charge on any atom is -0.496 e. The van der Waals surface area contributed by atoms with Crippen molar-refractivity contribution in [1.82, 2.24) is 0 Å². The Balaban J connectivity index is 1.95. The molecule has 0 radical (unpaired) electrons. The van der Waals surface area contributed by atoms with Crippen molar-refractivity contribution in [2.45, 2.75) is 32.2 Å². The van der Waals surface area contributed by atoms with Crippen LogP contribution < -0.4 is 10.1 Å². The molecular weight excluding hydrogens is 266 g/mol. The summed E-state index contributed by atoms with van der Waals surface area (Å²) in [6, 6.07) is 6.67. The van der Waals surface area contributed by atoms with Crippen LogP contribution in [-0.2, 0) is 0 Å². The number of anilines is 1. The van der Waals surface area contributed by atoms with Gasteiger partial charge in [-0.3, -0.25) is 0 Å². The van der Waals surface area contributed by atoms with Crippen LogP contribution in [0.15, 0.2) is 22.7 Å². The third-order valence-electron chi connectivity index (χ3n) is 2.95. The Bertz CT molecular complexity index is 363. The van der Waals surface area contributed by atoms with Crippen molar-refractivity contribution in [3.8, 4) is 5.75 Å². The van der Waals surface area contributed by atoms with Gasteiger partial charge >= 0.3 is 0 Å². The van der Waals surface area contributed by atoms with E-state index in [2.05, 4.69) is 40.3 Å². The highest BCUT2D eigenvalue weighted by Gasteiger charge is 2.23. The molecule has 1 aliphatic rings. The van der Waals surface area contributed by atoms with Crippen LogP contribution in [-0.4, -0.2) is 13.2 Å². The topological polar surface area (TPSA) is 21.3 Å². The van der Waals surface area contributed by atoms with E-state index in [4.69, 9.17) is 4.74 Å². The van der Waals surface area contributed by atoms with Gasteiger partial charge in [0, 0.05) is 11.7 Å². The summed E-state index contributed by atoms with van der Waals surface area (Å²) in [4.78, 5) is 0. The number of rotatable bonds is 5. The third-order valence-corrected chi connectivity index (χ3v) is 3.57. The Morgan fingerprint density at radius 3 is 2.81 bits per heavy atom. The van der Waals surface area contributed by atoms with Gasteiger partial charge in [0.25, 0.3) is 0 Å². The monoisotopic (exact) mass is 283 g/mol. The smallest absolute Gasteiger partial charge is 0.133 e. The summed E-state index contributed by atoms with van der Waals surface area (Å²) in [6.07, 6.45) is 4.11. The molecule has 88 valence electrons. The molecule has 1 fully saturated rings. The first-order valence-electron chi connectivity index (χ1n) is 5.79. The Hall–Kier alpha value is -0.700. The molecule has 0 saturated heterocycles. The van der Waals surface area contributed by atoms with E-state index in [-0.39, 0.29) is 0 Å². The van der Waals surface area contributed by atoms with Crippen molar-refractivity contribution in [2.24, 2.45) is 5.92 Å². The first-order valence-corrected chi connectivity index (χ1v) is 6.58. The van der Waals surface area contributed by atoms with Gasteiger partial charge in [0.2, 0.25) is 0 Å². The summed E-state index contributed by atoms with van der Waals surface area (Å²) in [6.45, 7) is 2.25. The summed E-state index contributed by atoms with van der Waals surface area (Å²) in [7, 11) is 1.68. The van der Waals surface area contributed by atoms with Crippen LogP contribution in [0.2, 0.25) is 0 Å². The second-order valence-corrected chi connectivity index (χ2v) is 5.43. The van der Waals surface area contributed by atoms with Gasteiger partial charge in [0.15, 0.2) is 0 Å². The molecule has 0 aliphatic heterocycles. The minimum atomic E-state index is 0.549. The Kier molecular flexibility index (Phi) is 3.74. The first-order chi connectivity index (χ1) is 7.69. The van der Waals surface area contributed by atoms with Crippen LogP contribution in [0.3, 0.4) is 0 Å². The van der Waals surface area contributed by atoms with E-state index in [1.807, 2.05) is 6.07 Å². The van der Waals surface area contributed by atoms with Gasteiger partial charge < -0.3 is 10.1 Å². The quantitative estimate of drug-likeness (QED) is 0.880. The molecular formula is C13H18BrNO. The lowest BCUT2D eigenvalue weighted by Crippen LogP contribution is -2.15. The molecule has 1 aromatic carbocycles. The van der Waals surface area contributed by atoms with Crippen molar-refractivity contribution in [3.63, 3.8) is 0 Å². The fourth-order valence-corrected chi connectivity index (χ4v) is 2.49. The van der Waals surface area contributed by atoms with Gasteiger partial charge in [-0.05, 0) is 53.4 Å². The molecule has 1 unspecified atom stereocenters. The zero-order valence-corrected chi connectivity index (χ0v) is 11.4. The van der Waals surface area contributed by atoms with Gasteiger partial charge in [-0.2, -0.15) is 0 Å². The molecule has 3 heteroatoms. The predicted molar refractivity (Wildman–Crippen MR) is 71.1 cm³/mol. The maximum Gasteiger partial charge on any atom is 0.133 e. The molecule has 0 bridgehead atoms. The molecule has 1 aromatic rings. The molecule has 1 aliphatic carbocycles. The lowest BCUT2D eigenvalue weighted by Gasteiger charge is -2.15. The van der Waals surface area contributed by atoms with Gasteiger partial charge in [-0.15, -0.1) is 0 Å². The molecule has 16 heavy (non-hydrogen) atoms. The maximum absolute atomic E-state index is 5.20. The zero-order chi connectivity index (χ0) is 11.5. The highest BCUT2D eigenvalue weighted by atomic mass is 79.9. The van der Waals surface area contributed by atoms with E-state index in [9.17, 15) is 0 Å². The van der Waals surface area contributed by atoms with E-state index in [1.165, 1.54) is 19.3 Å². The van der Waals surface area contributed by atoms with Crippen molar-refractivity contribution >= 4 is 21.6 Å². The number of nitrogens with one attached hydrogen (secondary N) is 1.